The molecule has 0 unspecified atom stereocenters. The monoisotopic (exact) mass is 683 g/mol. The molecule has 0 saturated heterocycles. The number of hydrogen-bond donors (Lipinski definition) is 0. The molecule has 0 atom stereocenters. The van der Waals surface area contributed by atoms with Crippen molar-refractivity contribution in [2.24, 2.45) is 0 Å². The maximum atomic E-state index is 6.51. The molecule has 5 heterocycles. The minimum Gasteiger partial charge on any atom is -0.497 e. The third-order valence-corrected chi connectivity index (χ3v) is 9.10. The van der Waals surface area contributed by atoms with Crippen LogP contribution in [0.1, 0.15) is 11.1 Å². The van der Waals surface area contributed by atoms with Crippen LogP contribution in [-0.4, -0.2) is 23.8 Å². The second-order valence-corrected chi connectivity index (χ2v) is 11.7. The summed E-state index contributed by atoms with van der Waals surface area (Å²) in [5.74, 6) is 1.20. The smallest absolute Gasteiger partial charge is 0.497 e. The van der Waals surface area contributed by atoms with E-state index in [1.165, 1.54) is 16.5 Å². The zero-order valence-electron chi connectivity index (χ0n) is 24.8. The molecule has 10 aromatic rings. The number of rotatable bonds is 2. The maximum absolute atomic E-state index is 6.51. The van der Waals surface area contributed by atoms with Crippen molar-refractivity contribution in [3.05, 3.63) is 127 Å². The Hall–Kier alpha value is -5.35. The molecule has 0 aliphatic rings. The van der Waals surface area contributed by atoms with Gasteiger partial charge < -0.3 is 13.5 Å². The molecule has 220 valence electrons. The number of pyridine rings is 3. The van der Waals surface area contributed by atoms with Crippen molar-refractivity contribution in [3.8, 4) is 11.5 Å². The number of aromatic nitrogens is 5. The van der Waals surface area contributed by atoms with E-state index < -0.39 is 0 Å². The van der Waals surface area contributed by atoms with E-state index in [2.05, 4.69) is 88.3 Å². The number of para-hydroxylation sites is 4. The van der Waals surface area contributed by atoms with Crippen molar-refractivity contribution < 1.29 is 25.2 Å². The fourth-order valence-corrected chi connectivity index (χ4v) is 6.86. The van der Waals surface area contributed by atoms with Gasteiger partial charge in [-0.15, -0.1) is 12.1 Å². The van der Waals surface area contributed by atoms with E-state index in [-0.39, 0.29) is 20.4 Å². The summed E-state index contributed by atoms with van der Waals surface area (Å²) in [6, 6.07) is 38.3. The molecule has 0 radical (unpaired) electrons. The first-order valence-electron chi connectivity index (χ1n) is 15.0. The first-order chi connectivity index (χ1) is 22.1. The molecule has 10 rings (SSSR count). The molecule has 0 bridgehead atoms. The molecule has 7 heteroatoms. The number of imidazole rings is 2. The van der Waals surface area contributed by atoms with Crippen LogP contribution in [0, 0.1) is 26.0 Å². The Morgan fingerprint density at radius 3 is 1.78 bits per heavy atom. The Balaban J connectivity index is 0.00000292. The van der Waals surface area contributed by atoms with Crippen LogP contribution in [-0.2, 0) is 20.4 Å². The Morgan fingerprint density at radius 2 is 1.13 bits per heavy atom. The topological polar surface area (TPSA) is 56.7 Å². The number of hydrogen-bond acceptors (Lipinski definition) is 4. The molecule has 5 aromatic carbocycles. The van der Waals surface area contributed by atoms with Crippen molar-refractivity contribution in [1.82, 2.24) is 23.8 Å². The first-order valence-corrected chi connectivity index (χ1v) is 15.0. The summed E-state index contributed by atoms with van der Waals surface area (Å²) in [5, 5.41) is 6.20. The number of ether oxygens (including phenoxy) is 1. The van der Waals surface area contributed by atoms with E-state index in [9.17, 15) is 0 Å². The second kappa shape index (κ2) is 9.82. The number of fused-ring (bicyclic) bond motifs is 16. The van der Waals surface area contributed by atoms with E-state index in [4.69, 9.17) is 14.7 Å². The van der Waals surface area contributed by atoms with Crippen molar-refractivity contribution in [2.75, 3.05) is 0 Å². The van der Waals surface area contributed by atoms with Crippen molar-refractivity contribution in [2.45, 2.75) is 13.8 Å². The van der Waals surface area contributed by atoms with Crippen LogP contribution in [0.5, 0.6) is 11.5 Å². The molecule has 6 nitrogen and oxygen atoms in total. The molecule has 0 N–H and O–H groups in total. The average Bonchev–Trinajstić information content (AvgIpc) is 3.66. The van der Waals surface area contributed by atoms with Crippen molar-refractivity contribution in [1.29, 1.82) is 0 Å². The summed E-state index contributed by atoms with van der Waals surface area (Å²) < 4.78 is 10.9. The van der Waals surface area contributed by atoms with E-state index >= 15 is 0 Å². The molecule has 0 aliphatic carbocycles. The summed E-state index contributed by atoms with van der Waals surface area (Å²) in [4.78, 5) is 14.5. The molecule has 0 fully saturated rings. The normalized spacial score (nSPS) is 12.0. The molecular formula is C39H23N5OPd. The van der Waals surface area contributed by atoms with Crippen LogP contribution in [0.15, 0.2) is 103 Å². The first kappa shape index (κ1) is 27.0. The van der Waals surface area contributed by atoms with Gasteiger partial charge >= 0.3 is 20.4 Å². The maximum Gasteiger partial charge on any atom is 2.00 e. The molecular weight excluding hydrogens is 661 g/mol. The van der Waals surface area contributed by atoms with Gasteiger partial charge in [0.2, 0.25) is 0 Å². The van der Waals surface area contributed by atoms with Gasteiger partial charge in [0.25, 0.3) is 0 Å². The Labute approximate surface area is 276 Å². The van der Waals surface area contributed by atoms with Crippen LogP contribution >= 0.6 is 0 Å². The number of aryl methyl sites for hydroxylation is 2. The van der Waals surface area contributed by atoms with Crippen LogP contribution in [0.4, 0.5) is 0 Å². The van der Waals surface area contributed by atoms with E-state index in [0.717, 1.165) is 71.3 Å². The van der Waals surface area contributed by atoms with Gasteiger partial charge in [-0.05, 0) is 72.1 Å². The SMILES string of the molecule is Cc1cc2c3ccc(Oc4[c-]c5c(cc4)c4ccncc4n4c6ccccc6nc54)[c-]c3c3nc4ccccc4n3c2cc1C.[Pd+2]. The van der Waals surface area contributed by atoms with Crippen molar-refractivity contribution in [3.63, 3.8) is 0 Å². The van der Waals surface area contributed by atoms with E-state index in [0.29, 0.717) is 11.5 Å². The van der Waals surface area contributed by atoms with Gasteiger partial charge in [0, 0.05) is 29.4 Å². The quantitative estimate of drug-likeness (QED) is 0.104. The van der Waals surface area contributed by atoms with E-state index in [1.807, 2.05) is 54.9 Å². The average molecular weight is 684 g/mol. The predicted octanol–water partition coefficient (Wildman–Crippen LogP) is 9.30. The Kier molecular flexibility index (Phi) is 5.77. The van der Waals surface area contributed by atoms with Crippen molar-refractivity contribution >= 4 is 76.7 Å². The van der Waals surface area contributed by atoms with Crippen LogP contribution < -0.4 is 4.74 Å². The van der Waals surface area contributed by atoms with E-state index in [1.54, 1.807) is 0 Å². The van der Waals surface area contributed by atoms with Gasteiger partial charge in [0.1, 0.15) is 0 Å². The third-order valence-electron chi connectivity index (χ3n) is 9.10. The van der Waals surface area contributed by atoms with Gasteiger partial charge in [-0.1, -0.05) is 76.1 Å². The molecule has 0 spiro atoms. The summed E-state index contributed by atoms with van der Waals surface area (Å²) in [5.41, 5.74) is 10.3. The summed E-state index contributed by atoms with van der Waals surface area (Å²) in [6.07, 6.45) is 3.73. The second-order valence-electron chi connectivity index (χ2n) is 11.7. The predicted molar refractivity (Wildman–Crippen MR) is 180 cm³/mol. The minimum absolute atomic E-state index is 0. The van der Waals surface area contributed by atoms with Crippen LogP contribution in [0.3, 0.4) is 0 Å². The number of nitrogens with zero attached hydrogens (tertiary/aromatic N) is 5. The molecule has 5 aromatic heterocycles. The fourth-order valence-electron chi connectivity index (χ4n) is 6.86. The molecule has 0 amide bonds. The molecule has 0 saturated carbocycles. The van der Waals surface area contributed by atoms with Gasteiger partial charge in [-0.2, -0.15) is 0 Å². The number of benzene rings is 5. The standard InChI is InChI=1S/C39H23N5O.Pd/c1-22-17-29-27-14-12-25(20-31(27)38-41-32-7-3-5-9-34(32)43(38)36(29)18-23(22)2)45-24-11-13-26-28-15-16-40-21-37(28)44-35-10-6-4-8-33(35)42-39(44)30(26)19-24;/h3-18,21H,1-2H3;/q-2;+2. The Morgan fingerprint density at radius 1 is 0.565 bits per heavy atom. The van der Waals surface area contributed by atoms with Gasteiger partial charge in [-0.3, -0.25) is 15.0 Å². The summed E-state index contributed by atoms with van der Waals surface area (Å²) >= 11 is 0. The summed E-state index contributed by atoms with van der Waals surface area (Å²) in [7, 11) is 0. The molecule has 46 heavy (non-hydrogen) atoms. The third kappa shape index (κ3) is 3.70. The molecule has 0 aliphatic heterocycles. The zero-order chi connectivity index (χ0) is 29.8. The minimum atomic E-state index is 0. The van der Waals surface area contributed by atoms with Crippen LogP contribution in [0.2, 0.25) is 0 Å². The fraction of sp³-hybridized carbons (Fsp3) is 0.0513. The Bertz CT molecular complexity index is 2890. The summed E-state index contributed by atoms with van der Waals surface area (Å²) in [6.45, 7) is 4.32. The van der Waals surface area contributed by atoms with Gasteiger partial charge in [-0.25, -0.2) is 0 Å². The van der Waals surface area contributed by atoms with Crippen LogP contribution in [0.25, 0.3) is 76.7 Å². The largest absolute Gasteiger partial charge is 2.00 e. The van der Waals surface area contributed by atoms with Gasteiger partial charge in [0.15, 0.2) is 0 Å². The zero-order valence-corrected chi connectivity index (χ0v) is 26.3. The van der Waals surface area contributed by atoms with Gasteiger partial charge in [0.05, 0.1) is 38.9 Å².